The van der Waals surface area contributed by atoms with Crippen molar-refractivity contribution in [2.75, 3.05) is 19.0 Å². The number of nitrogens with zero attached hydrogens (tertiary/aromatic N) is 3. The molecule has 0 spiro atoms. The molecule has 7 nitrogen and oxygen atoms in total. The predicted octanol–water partition coefficient (Wildman–Crippen LogP) is 2.58. The molecule has 106 valence electrons. The van der Waals surface area contributed by atoms with Crippen molar-refractivity contribution in [2.24, 2.45) is 5.92 Å². The van der Waals surface area contributed by atoms with Gasteiger partial charge >= 0.3 is 5.69 Å². The summed E-state index contributed by atoms with van der Waals surface area (Å²) in [4.78, 5) is 18.9. The summed E-state index contributed by atoms with van der Waals surface area (Å²) >= 11 is 0. The number of nitrogens with one attached hydrogen (secondary N) is 1. The second-order valence-electron chi connectivity index (χ2n) is 4.95. The molecule has 0 fully saturated rings. The molecule has 0 aromatic carbocycles. The molecule has 0 saturated carbocycles. The van der Waals surface area contributed by atoms with Gasteiger partial charge in [-0.25, -0.2) is 4.98 Å². The average molecular weight is 268 g/mol. The lowest BCUT2D eigenvalue weighted by molar-refractivity contribution is -0.385. The van der Waals surface area contributed by atoms with Gasteiger partial charge in [-0.05, 0) is 5.92 Å². The lowest BCUT2D eigenvalue weighted by atomic mass is 10.2. The zero-order valence-electron chi connectivity index (χ0n) is 11.9. The van der Waals surface area contributed by atoms with Crippen molar-refractivity contribution in [1.29, 1.82) is 0 Å². The fourth-order valence-corrected chi connectivity index (χ4v) is 1.39. The molecule has 0 atom stereocenters. The van der Waals surface area contributed by atoms with Crippen LogP contribution in [-0.4, -0.2) is 28.5 Å². The number of ether oxygens (including phenoxy) is 1. The molecule has 0 saturated heterocycles. The average Bonchev–Trinajstić information content (AvgIpc) is 2.34. The fraction of sp³-hybridized carbons (Fsp3) is 0.667. The normalized spacial score (nSPS) is 10.9. The van der Waals surface area contributed by atoms with Crippen molar-refractivity contribution < 1.29 is 9.66 Å². The predicted molar refractivity (Wildman–Crippen MR) is 72.7 cm³/mol. The Morgan fingerprint density at radius 1 is 1.32 bits per heavy atom. The number of rotatable bonds is 6. The summed E-state index contributed by atoms with van der Waals surface area (Å²) in [5.74, 6) is 1.06. The highest BCUT2D eigenvalue weighted by Gasteiger charge is 2.26. The lowest BCUT2D eigenvalue weighted by Gasteiger charge is -2.12. The van der Waals surface area contributed by atoms with Crippen LogP contribution in [0.5, 0.6) is 5.88 Å². The van der Waals surface area contributed by atoms with E-state index in [4.69, 9.17) is 4.74 Å². The molecule has 0 aliphatic carbocycles. The highest BCUT2D eigenvalue weighted by Crippen LogP contribution is 2.33. The second kappa shape index (κ2) is 6.31. The van der Waals surface area contributed by atoms with Gasteiger partial charge in [-0.3, -0.25) is 10.1 Å². The molecular weight excluding hydrogens is 248 g/mol. The maximum atomic E-state index is 11.1. The van der Waals surface area contributed by atoms with Crippen molar-refractivity contribution in [1.82, 2.24) is 9.97 Å². The highest BCUT2D eigenvalue weighted by molar-refractivity contribution is 5.61. The molecule has 0 radical (unpaired) electrons. The molecule has 1 aromatic heterocycles. The molecule has 1 rings (SSSR count). The zero-order valence-corrected chi connectivity index (χ0v) is 11.9. The molecule has 7 heteroatoms. The van der Waals surface area contributed by atoms with Gasteiger partial charge in [-0.15, -0.1) is 0 Å². The van der Waals surface area contributed by atoms with Crippen molar-refractivity contribution in [3.8, 4) is 5.88 Å². The molecule has 1 heterocycles. The van der Waals surface area contributed by atoms with E-state index in [0.29, 0.717) is 12.4 Å². The Labute approximate surface area is 112 Å². The quantitative estimate of drug-likeness (QED) is 0.630. The molecule has 1 N–H and O–H groups in total. The van der Waals surface area contributed by atoms with Crippen LogP contribution in [0, 0.1) is 16.0 Å². The maximum Gasteiger partial charge on any atom is 0.372 e. The van der Waals surface area contributed by atoms with E-state index in [1.54, 1.807) is 7.05 Å². The van der Waals surface area contributed by atoms with Crippen LogP contribution in [-0.2, 0) is 0 Å². The zero-order chi connectivity index (χ0) is 14.6. The van der Waals surface area contributed by atoms with Crippen LogP contribution >= 0.6 is 0 Å². The van der Waals surface area contributed by atoms with Crippen LogP contribution in [0.3, 0.4) is 0 Å². The topological polar surface area (TPSA) is 90.2 Å². The van der Waals surface area contributed by atoms with Gasteiger partial charge in [0.15, 0.2) is 0 Å². The first-order chi connectivity index (χ1) is 8.86. The first-order valence-corrected chi connectivity index (χ1v) is 6.23. The minimum Gasteiger partial charge on any atom is -0.472 e. The molecule has 19 heavy (non-hydrogen) atoms. The Morgan fingerprint density at radius 2 is 1.95 bits per heavy atom. The van der Waals surface area contributed by atoms with Gasteiger partial charge in [0.2, 0.25) is 5.82 Å². The molecule has 0 unspecified atom stereocenters. The van der Waals surface area contributed by atoms with Crippen molar-refractivity contribution in [3.63, 3.8) is 0 Å². The monoisotopic (exact) mass is 268 g/mol. The van der Waals surface area contributed by atoms with E-state index in [9.17, 15) is 10.1 Å². The van der Waals surface area contributed by atoms with Crippen molar-refractivity contribution >= 4 is 11.5 Å². The van der Waals surface area contributed by atoms with Crippen LogP contribution in [0.4, 0.5) is 11.5 Å². The van der Waals surface area contributed by atoms with Crippen LogP contribution < -0.4 is 10.1 Å². The number of anilines is 1. The third kappa shape index (κ3) is 3.77. The lowest BCUT2D eigenvalue weighted by Crippen LogP contribution is -2.12. The standard InChI is InChI=1S/C12H20N4O3/c1-7(2)6-19-12-9(16(17)18)11(13-5)14-10(15-12)8(3)4/h7-8H,6H2,1-5H3,(H,13,14,15). The Bertz CT molecular complexity index is 461. The Hall–Kier alpha value is -1.92. The van der Waals surface area contributed by atoms with Gasteiger partial charge in [0, 0.05) is 13.0 Å². The molecule has 0 aliphatic rings. The minimum atomic E-state index is -0.522. The van der Waals surface area contributed by atoms with Gasteiger partial charge in [0.25, 0.3) is 5.88 Å². The third-order valence-electron chi connectivity index (χ3n) is 2.36. The molecule has 0 amide bonds. The van der Waals surface area contributed by atoms with Gasteiger partial charge in [0.1, 0.15) is 5.82 Å². The van der Waals surface area contributed by atoms with Crippen molar-refractivity contribution in [3.05, 3.63) is 15.9 Å². The van der Waals surface area contributed by atoms with E-state index in [0.717, 1.165) is 0 Å². The SMILES string of the molecule is CNc1nc(C(C)C)nc(OCC(C)C)c1[N+](=O)[O-]. The molecule has 0 aliphatic heterocycles. The summed E-state index contributed by atoms with van der Waals surface area (Å²) in [6.45, 7) is 8.16. The first-order valence-electron chi connectivity index (χ1n) is 6.23. The molecule has 0 bridgehead atoms. The summed E-state index contributed by atoms with van der Waals surface area (Å²) < 4.78 is 5.46. The summed E-state index contributed by atoms with van der Waals surface area (Å²) in [5, 5.41) is 13.9. The number of nitro groups is 1. The molecule has 1 aromatic rings. The van der Waals surface area contributed by atoms with E-state index in [-0.39, 0.29) is 29.2 Å². The Morgan fingerprint density at radius 3 is 2.37 bits per heavy atom. The maximum absolute atomic E-state index is 11.1. The Kier molecular flexibility index (Phi) is 5.02. The highest BCUT2D eigenvalue weighted by atomic mass is 16.6. The number of hydrogen-bond donors (Lipinski definition) is 1. The van der Waals surface area contributed by atoms with Crippen LogP contribution in [0.15, 0.2) is 0 Å². The van der Waals surface area contributed by atoms with Gasteiger partial charge < -0.3 is 10.1 Å². The van der Waals surface area contributed by atoms with E-state index in [2.05, 4.69) is 15.3 Å². The van der Waals surface area contributed by atoms with E-state index >= 15 is 0 Å². The van der Waals surface area contributed by atoms with Gasteiger partial charge in [-0.2, -0.15) is 4.98 Å². The smallest absolute Gasteiger partial charge is 0.372 e. The van der Waals surface area contributed by atoms with Crippen molar-refractivity contribution in [2.45, 2.75) is 33.6 Å². The first kappa shape index (κ1) is 15.1. The summed E-state index contributed by atoms with van der Waals surface area (Å²) in [6, 6.07) is 0. The second-order valence-corrected chi connectivity index (χ2v) is 4.95. The van der Waals surface area contributed by atoms with E-state index in [1.165, 1.54) is 0 Å². The van der Waals surface area contributed by atoms with E-state index < -0.39 is 4.92 Å². The minimum absolute atomic E-state index is 0.0294. The van der Waals surface area contributed by atoms with Crippen LogP contribution in [0.1, 0.15) is 39.4 Å². The number of aromatic nitrogens is 2. The fourth-order valence-electron chi connectivity index (χ4n) is 1.39. The van der Waals surface area contributed by atoms with Gasteiger partial charge in [0.05, 0.1) is 11.5 Å². The van der Waals surface area contributed by atoms with Gasteiger partial charge in [-0.1, -0.05) is 27.7 Å². The summed E-state index contributed by atoms with van der Waals surface area (Å²) in [7, 11) is 1.59. The Balaban J connectivity index is 3.28. The summed E-state index contributed by atoms with van der Waals surface area (Å²) in [6.07, 6.45) is 0. The largest absolute Gasteiger partial charge is 0.472 e. The summed E-state index contributed by atoms with van der Waals surface area (Å²) in [5.41, 5.74) is -0.215. The third-order valence-corrected chi connectivity index (χ3v) is 2.36. The van der Waals surface area contributed by atoms with E-state index in [1.807, 2.05) is 27.7 Å². The molecular formula is C12H20N4O3. The number of hydrogen-bond acceptors (Lipinski definition) is 6. The van der Waals surface area contributed by atoms with Crippen LogP contribution in [0.25, 0.3) is 0 Å². The van der Waals surface area contributed by atoms with Crippen LogP contribution in [0.2, 0.25) is 0 Å².